The van der Waals surface area contributed by atoms with Gasteiger partial charge in [0.2, 0.25) is 0 Å². The molecule has 0 aromatic carbocycles. The lowest BCUT2D eigenvalue weighted by Gasteiger charge is -2.29. The molecule has 0 N–H and O–H groups in total. The van der Waals surface area contributed by atoms with E-state index in [4.69, 9.17) is 11.6 Å². The van der Waals surface area contributed by atoms with Crippen LogP contribution in [0.25, 0.3) is 0 Å². The van der Waals surface area contributed by atoms with Crippen LogP contribution in [0.2, 0.25) is 4.34 Å². The van der Waals surface area contributed by atoms with Crippen molar-refractivity contribution in [3.8, 4) is 0 Å². The Kier molecular flexibility index (Phi) is 8.88. The van der Waals surface area contributed by atoms with Gasteiger partial charge in [0.15, 0.2) is 0 Å². The van der Waals surface area contributed by atoms with Crippen molar-refractivity contribution in [2.45, 2.75) is 90.4 Å². The number of unbranched alkanes of at least 4 members (excludes halogenated alkanes) is 6. The molecular weight excluding hydrogens is 284 g/mol. The maximum absolute atomic E-state index is 6.15. The molecule has 1 atom stereocenters. The van der Waals surface area contributed by atoms with Gasteiger partial charge in [-0.15, -0.1) is 11.3 Å². The molecule has 0 nitrogen and oxygen atoms in total. The summed E-state index contributed by atoms with van der Waals surface area (Å²) < 4.78 is 0.938. The standard InChI is InChI=1S/C18H31ClS/c1-4-6-8-9-11-15-18(3,14-10-7-5-2)16-12-13-17(19)20-16/h12-13H,4-11,14-15H2,1-3H3. The average molecular weight is 315 g/mol. The van der Waals surface area contributed by atoms with Gasteiger partial charge >= 0.3 is 0 Å². The Hall–Kier alpha value is -0.0100. The summed E-state index contributed by atoms with van der Waals surface area (Å²) in [4.78, 5) is 1.49. The summed E-state index contributed by atoms with van der Waals surface area (Å²) in [6, 6.07) is 4.32. The zero-order chi connectivity index (χ0) is 14.8. The first-order valence-corrected chi connectivity index (χ1v) is 9.57. The van der Waals surface area contributed by atoms with Crippen molar-refractivity contribution in [3.63, 3.8) is 0 Å². The highest BCUT2D eigenvalue weighted by Gasteiger charge is 2.27. The van der Waals surface area contributed by atoms with Crippen molar-refractivity contribution in [2.24, 2.45) is 0 Å². The second-order valence-corrected chi connectivity index (χ2v) is 8.00. The summed E-state index contributed by atoms with van der Waals surface area (Å²) in [7, 11) is 0. The van der Waals surface area contributed by atoms with Gasteiger partial charge in [0.05, 0.1) is 4.34 Å². The van der Waals surface area contributed by atoms with E-state index in [2.05, 4.69) is 32.9 Å². The van der Waals surface area contributed by atoms with Crippen molar-refractivity contribution >= 4 is 22.9 Å². The van der Waals surface area contributed by atoms with Crippen molar-refractivity contribution in [1.29, 1.82) is 0 Å². The predicted molar refractivity (Wildman–Crippen MR) is 94.2 cm³/mol. The van der Waals surface area contributed by atoms with Crippen LogP contribution in [0.3, 0.4) is 0 Å². The number of rotatable bonds is 11. The Morgan fingerprint density at radius 2 is 1.45 bits per heavy atom. The SMILES string of the molecule is CCCCCCCC(C)(CCCCC)c1ccc(Cl)s1. The minimum atomic E-state index is 0.346. The van der Waals surface area contributed by atoms with Crippen molar-refractivity contribution in [1.82, 2.24) is 0 Å². The fourth-order valence-electron chi connectivity index (χ4n) is 2.89. The van der Waals surface area contributed by atoms with Crippen LogP contribution in [0.1, 0.15) is 89.9 Å². The van der Waals surface area contributed by atoms with E-state index in [0.717, 1.165) is 4.34 Å². The van der Waals surface area contributed by atoms with E-state index in [-0.39, 0.29) is 0 Å². The van der Waals surface area contributed by atoms with E-state index in [1.165, 1.54) is 69.1 Å². The maximum atomic E-state index is 6.15. The van der Waals surface area contributed by atoms with E-state index in [1.54, 1.807) is 11.3 Å². The van der Waals surface area contributed by atoms with E-state index >= 15 is 0 Å². The van der Waals surface area contributed by atoms with Crippen LogP contribution in [0.5, 0.6) is 0 Å². The van der Waals surface area contributed by atoms with Crippen LogP contribution in [-0.2, 0) is 5.41 Å². The summed E-state index contributed by atoms with van der Waals surface area (Å²) in [5, 5.41) is 0. The first kappa shape index (κ1) is 18.0. The highest BCUT2D eigenvalue weighted by atomic mass is 35.5. The monoisotopic (exact) mass is 314 g/mol. The predicted octanol–water partition coefficient (Wildman–Crippen LogP) is 7.60. The fourth-order valence-corrected chi connectivity index (χ4v) is 4.14. The second kappa shape index (κ2) is 9.84. The minimum Gasteiger partial charge on any atom is -0.128 e. The molecule has 20 heavy (non-hydrogen) atoms. The maximum Gasteiger partial charge on any atom is 0.0931 e. The molecule has 1 unspecified atom stereocenters. The lowest BCUT2D eigenvalue weighted by molar-refractivity contribution is 0.371. The van der Waals surface area contributed by atoms with Gasteiger partial charge in [-0.05, 0) is 25.0 Å². The first-order valence-electron chi connectivity index (χ1n) is 8.38. The molecular formula is C18H31ClS. The van der Waals surface area contributed by atoms with Gasteiger partial charge in [-0.25, -0.2) is 0 Å². The minimum absolute atomic E-state index is 0.346. The van der Waals surface area contributed by atoms with Crippen LogP contribution < -0.4 is 0 Å². The molecule has 0 aliphatic heterocycles. The molecule has 1 aromatic rings. The smallest absolute Gasteiger partial charge is 0.0931 e. The zero-order valence-corrected chi connectivity index (χ0v) is 15.1. The molecule has 0 radical (unpaired) electrons. The summed E-state index contributed by atoms with van der Waals surface area (Å²) in [5.74, 6) is 0. The van der Waals surface area contributed by atoms with Crippen LogP contribution in [0, 0.1) is 0 Å². The molecule has 0 bridgehead atoms. The van der Waals surface area contributed by atoms with Crippen LogP contribution in [0.4, 0.5) is 0 Å². The number of thiophene rings is 1. The summed E-state index contributed by atoms with van der Waals surface area (Å²) in [6.07, 6.45) is 13.5. The van der Waals surface area contributed by atoms with Crippen LogP contribution in [-0.4, -0.2) is 0 Å². The zero-order valence-electron chi connectivity index (χ0n) is 13.5. The van der Waals surface area contributed by atoms with Gasteiger partial charge in [0.25, 0.3) is 0 Å². The number of hydrogen-bond donors (Lipinski definition) is 0. The van der Waals surface area contributed by atoms with Crippen LogP contribution in [0.15, 0.2) is 12.1 Å². The molecule has 0 aliphatic rings. The third kappa shape index (κ3) is 6.18. The highest BCUT2D eigenvalue weighted by Crippen LogP contribution is 2.40. The lowest BCUT2D eigenvalue weighted by Crippen LogP contribution is -2.20. The molecule has 0 fully saturated rings. The summed E-state index contributed by atoms with van der Waals surface area (Å²) in [6.45, 7) is 7.01. The molecule has 1 heterocycles. The summed E-state index contributed by atoms with van der Waals surface area (Å²) >= 11 is 7.94. The van der Waals surface area contributed by atoms with Crippen LogP contribution >= 0.6 is 22.9 Å². The van der Waals surface area contributed by atoms with Gasteiger partial charge in [-0.3, -0.25) is 0 Å². The topological polar surface area (TPSA) is 0 Å². The molecule has 0 amide bonds. The largest absolute Gasteiger partial charge is 0.128 e. The Bertz CT molecular complexity index is 358. The molecule has 1 aromatic heterocycles. The van der Waals surface area contributed by atoms with Gasteiger partial charge in [0, 0.05) is 10.3 Å². The Balaban J connectivity index is 2.54. The van der Waals surface area contributed by atoms with Crippen molar-refractivity contribution < 1.29 is 0 Å². The van der Waals surface area contributed by atoms with E-state index in [0.29, 0.717) is 5.41 Å². The molecule has 0 aliphatic carbocycles. The Morgan fingerprint density at radius 3 is 2.00 bits per heavy atom. The normalized spacial score (nSPS) is 14.4. The molecule has 0 saturated heterocycles. The number of halogens is 1. The van der Waals surface area contributed by atoms with E-state index in [9.17, 15) is 0 Å². The molecule has 2 heteroatoms. The molecule has 1 rings (SSSR count). The Labute approximate surface area is 134 Å². The molecule has 0 spiro atoms. The van der Waals surface area contributed by atoms with E-state index in [1.807, 2.05) is 0 Å². The number of hydrogen-bond acceptors (Lipinski definition) is 1. The van der Waals surface area contributed by atoms with Gasteiger partial charge < -0.3 is 0 Å². The van der Waals surface area contributed by atoms with E-state index < -0.39 is 0 Å². The molecule has 116 valence electrons. The summed E-state index contributed by atoms with van der Waals surface area (Å²) in [5.41, 5.74) is 0.346. The lowest BCUT2D eigenvalue weighted by atomic mass is 9.78. The quantitative estimate of drug-likeness (QED) is 0.369. The van der Waals surface area contributed by atoms with Gasteiger partial charge in [-0.2, -0.15) is 0 Å². The van der Waals surface area contributed by atoms with Gasteiger partial charge in [-0.1, -0.05) is 83.7 Å². The van der Waals surface area contributed by atoms with Crippen molar-refractivity contribution in [2.75, 3.05) is 0 Å². The Morgan fingerprint density at radius 1 is 0.900 bits per heavy atom. The van der Waals surface area contributed by atoms with Crippen molar-refractivity contribution in [3.05, 3.63) is 21.3 Å². The third-order valence-corrected chi connectivity index (χ3v) is 5.87. The highest BCUT2D eigenvalue weighted by molar-refractivity contribution is 7.16. The third-order valence-electron chi connectivity index (χ3n) is 4.33. The first-order chi connectivity index (χ1) is 9.62. The van der Waals surface area contributed by atoms with Gasteiger partial charge in [0.1, 0.15) is 0 Å². The fraction of sp³-hybridized carbons (Fsp3) is 0.778. The average Bonchev–Trinajstić information content (AvgIpc) is 2.86. The molecule has 0 saturated carbocycles. The second-order valence-electron chi connectivity index (χ2n) is 6.29.